The first kappa shape index (κ1) is 13.8. The number of pyridine rings is 1. The van der Waals surface area contributed by atoms with Gasteiger partial charge in [-0.05, 0) is 42.0 Å². The number of fused-ring (bicyclic) bond motifs is 1. The summed E-state index contributed by atoms with van der Waals surface area (Å²) in [5.41, 5.74) is 9.35. The van der Waals surface area contributed by atoms with Gasteiger partial charge < -0.3 is 5.73 Å². The molecule has 0 saturated heterocycles. The summed E-state index contributed by atoms with van der Waals surface area (Å²) in [6, 6.07) is 19.3. The lowest BCUT2D eigenvalue weighted by Crippen LogP contribution is -2.00. The molecule has 1 aromatic heterocycles. The summed E-state index contributed by atoms with van der Waals surface area (Å²) in [7, 11) is 0. The number of nitrogens with zero attached hydrogens (tertiary/aromatic N) is 1. The van der Waals surface area contributed by atoms with Gasteiger partial charge in [-0.2, -0.15) is 0 Å². The third-order valence-corrected chi connectivity index (χ3v) is 3.82. The van der Waals surface area contributed by atoms with Crippen molar-refractivity contribution in [1.29, 1.82) is 0 Å². The first-order valence-electron chi connectivity index (χ1n) is 7.47. The van der Waals surface area contributed by atoms with Crippen LogP contribution >= 0.6 is 0 Å². The molecule has 2 nitrogen and oxygen atoms in total. The number of aromatic nitrogens is 1. The summed E-state index contributed by atoms with van der Waals surface area (Å²) in [5, 5.41) is 2.49. The van der Waals surface area contributed by atoms with Crippen LogP contribution in [0.4, 0.5) is 0 Å². The first-order chi connectivity index (χ1) is 10.4. The molecule has 2 heteroatoms. The molecule has 0 fully saturated rings. The fourth-order valence-corrected chi connectivity index (χ4v) is 2.65. The molecule has 0 spiro atoms. The SMILES string of the molecule is NCCCc1ccc(Cc2nccc3ccccc23)cc1. The minimum atomic E-state index is 0.752. The van der Waals surface area contributed by atoms with Gasteiger partial charge in [0.1, 0.15) is 0 Å². The van der Waals surface area contributed by atoms with Crippen LogP contribution in [-0.2, 0) is 12.8 Å². The smallest absolute Gasteiger partial charge is 0.0525 e. The van der Waals surface area contributed by atoms with E-state index >= 15 is 0 Å². The average molecular weight is 276 g/mol. The fourth-order valence-electron chi connectivity index (χ4n) is 2.65. The molecular formula is C19H20N2. The molecule has 3 rings (SSSR count). The summed E-state index contributed by atoms with van der Waals surface area (Å²) >= 11 is 0. The maximum absolute atomic E-state index is 5.55. The van der Waals surface area contributed by atoms with E-state index in [1.54, 1.807) is 0 Å². The lowest BCUT2D eigenvalue weighted by atomic mass is 10.0. The molecule has 2 N–H and O–H groups in total. The normalized spacial score (nSPS) is 10.9. The third-order valence-electron chi connectivity index (χ3n) is 3.82. The van der Waals surface area contributed by atoms with E-state index in [4.69, 9.17) is 5.73 Å². The lowest BCUT2D eigenvalue weighted by Gasteiger charge is -2.07. The van der Waals surface area contributed by atoms with Crippen LogP contribution in [0.1, 0.15) is 23.2 Å². The van der Waals surface area contributed by atoms with Crippen LogP contribution < -0.4 is 5.73 Å². The van der Waals surface area contributed by atoms with E-state index in [1.807, 2.05) is 6.20 Å². The zero-order chi connectivity index (χ0) is 14.5. The minimum absolute atomic E-state index is 0.752. The Morgan fingerprint density at radius 3 is 2.43 bits per heavy atom. The minimum Gasteiger partial charge on any atom is -0.330 e. The molecule has 0 amide bonds. The van der Waals surface area contributed by atoms with E-state index < -0.39 is 0 Å². The van der Waals surface area contributed by atoms with Crippen molar-refractivity contribution >= 4 is 10.8 Å². The van der Waals surface area contributed by atoms with Crippen molar-refractivity contribution in [1.82, 2.24) is 4.98 Å². The predicted octanol–water partition coefficient (Wildman–Crippen LogP) is 3.72. The summed E-state index contributed by atoms with van der Waals surface area (Å²) < 4.78 is 0. The van der Waals surface area contributed by atoms with Gasteiger partial charge in [0.05, 0.1) is 5.69 Å². The number of nitrogens with two attached hydrogens (primary N) is 1. The highest BCUT2D eigenvalue weighted by molar-refractivity contribution is 5.84. The van der Waals surface area contributed by atoms with Crippen molar-refractivity contribution in [3.05, 3.63) is 77.6 Å². The second-order valence-corrected chi connectivity index (χ2v) is 5.36. The molecule has 0 unspecified atom stereocenters. The third kappa shape index (κ3) is 3.29. The monoisotopic (exact) mass is 276 g/mol. The lowest BCUT2D eigenvalue weighted by molar-refractivity contribution is 0.832. The highest BCUT2D eigenvalue weighted by Gasteiger charge is 2.03. The van der Waals surface area contributed by atoms with Crippen molar-refractivity contribution in [2.24, 2.45) is 5.73 Å². The van der Waals surface area contributed by atoms with Crippen LogP contribution in [-0.4, -0.2) is 11.5 Å². The van der Waals surface area contributed by atoms with Crippen molar-refractivity contribution in [3.8, 4) is 0 Å². The molecule has 2 aromatic carbocycles. The quantitative estimate of drug-likeness (QED) is 0.771. The summed E-state index contributed by atoms with van der Waals surface area (Å²) in [4.78, 5) is 4.56. The van der Waals surface area contributed by atoms with Gasteiger partial charge in [0.2, 0.25) is 0 Å². The van der Waals surface area contributed by atoms with E-state index in [9.17, 15) is 0 Å². The standard InChI is InChI=1S/C19H20N2/c20-12-3-4-15-7-9-16(10-8-15)14-19-18-6-2-1-5-17(18)11-13-21-19/h1-2,5-11,13H,3-4,12,14,20H2. The number of rotatable bonds is 5. The Balaban J connectivity index is 1.82. The Hall–Kier alpha value is -2.19. The van der Waals surface area contributed by atoms with Gasteiger partial charge in [0.25, 0.3) is 0 Å². The maximum Gasteiger partial charge on any atom is 0.0525 e. The van der Waals surface area contributed by atoms with Crippen LogP contribution in [0.5, 0.6) is 0 Å². The zero-order valence-electron chi connectivity index (χ0n) is 12.1. The Bertz CT molecular complexity index is 712. The van der Waals surface area contributed by atoms with E-state index in [0.717, 1.165) is 31.5 Å². The molecule has 1 heterocycles. The second-order valence-electron chi connectivity index (χ2n) is 5.36. The average Bonchev–Trinajstić information content (AvgIpc) is 2.55. The molecule has 0 aliphatic rings. The Labute approximate surface area is 125 Å². The van der Waals surface area contributed by atoms with Crippen LogP contribution in [0, 0.1) is 0 Å². The number of hydrogen-bond donors (Lipinski definition) is 1. The van der Waals surface area contributed by atoms with Crippen LogP contribution in [0.2, 0.25) is 0 Å². The van der Waals surface area contributed by atoms with Crippen molar-refractivity contribution in [3.63, 3.8) is 0 Å². The Morgan fingerprint density at radius 1 is 0.857 bits per heavy atom. The van der Waals surface area contributed by atoms with Gasteiger partial charge in [0, 0.05) is 18.0 Å². The number of hydrogen-bond acceptors (Lipinski definition) is 2. The molecule has 3 aromatic rings. The molecule has 0 bridgehead atoms. The molecule has 0 aliphatic heterocycles. The number of aryl methyl sites for hydroxylation is 1. The second kappa shape index (κ2) is 6.51. The Morgan fingerprint density at radius 2 is 1.62 bits per heavy atom. The van der Waals surface area contributed by atoms with Gasteiger partial charge in [-0.25, -0.2) is 0 Å². The Kier molecular flexibility index (Phi) is 4.27. The highest BCUT2D eigenvalue weighted by Crippen LogP contribution is 2.19. The van der Waals surface area contributed by atoms with Crippen LogP contribution in [0.15, 0.2) is 60.8 Å². The predicted molar refractivity (Wildman–Crippen MR) is 88.4 cm³/mol. The van der Waals surface area contributed by atoms with Gasteiger partial charge in [0.15, 0.2) is 0 Å². The molecule has 0 atom stereocenters. The van der Waals surface area contributed by atoms with Gasteiger partial charge in [-0.15, -0.1) is 0 Å². The van der Waals surface area contributed by atoms with Crippen molar-refractivity contribution in [2.75, 3.05) is 6.54 Å². The molecule has 21 heavy (non-hydrogen) atoms. The van der Waals surface area contributed by atoms with E-state index in [-0.39, 0.29) is 0 Å². The van der Waals surface area contributed by atoms with E-state index in [0.29, 0.717) is 0 Å². The molecular weight excluding hydrogens is 256 g/mol. The summed E-state index contributed by atoms with van der Waals surface area (Å²) in [6.07, 6.45) is 4.87. The molecule has 0 aliphatic carbocycles. The van der Waals surface area contributed by atoms with Crippen molar-refractivity contribution < 1.29 is 0 Å². The maximum atomic E-state index is 5.55. The largest absolute Gasteiger partial charge is 0.330 e. The summed E-state index contributed by atoms with van der Waals surface area (Å²) in [5.74, 6) is 0. The molecule has 0 radical (unpaired) electrons. The first-order valence-corrected chi connectivity index (χ1v) is 7.47. The topological polar surface area (TPSA) is 38.9 Å². The number of benzene rings is 2. The van der Waals surface area contributed by atoms with Gasteiger partial charge in [-0.1, -0.05) is 48.5 Å². The summed E-state index contributed by atoms with van der Waals surface area (Å²) in [6.45, 7) is 0.752. The molecule has 106 valence electrons. The van der Waals surface area contributed by atoms with Crippen molar-refractivity contribution in [2.45, 2.75) is 19.3 Å². The van der Waals surface area contributed by atoms with E-state index in [2.05, 4.69) is 59.6 Å². The van der Waals surface area contributed by atoms with Crippen LogP contribution in [0.3, 0.4) is 0 Å². The zero-order valence-corrected chi connectivity index (χ0v) is 12.1. The van der Waals surface area contributed by atoms with E-state index in [1.165, 1.54) is 21.9 Å². The molecule has 0 saturated carbocycles. The fraction of sp³-hybridized carbons (Fsp3) is 0.211. The van der Waals surface area contributed by atoms with Gasteiger partial charge >= 0.3 is 0 Å². The van der Waals surface area contributed by atoms with Crippen LogP contribution in [0.25, 0.3) is 10.8 Å². The highest BCUT2D eigenvalue weighted by atomic mass is 14.7. The van der Waals surface area contributed by atoms with Gasteiger partial charge in [-0.3, -0.25) is 4.98 Å².